The fourth-order valence-corrected chi connectivity index (χ4v) is 3.77. The number of alkyl halides is 1. The van der Waals surface area contributed by atoms with Gasteiger partial charge in [0.05, 0.1) is 10.5 Å². The van der Waals surface area contributed by atoms with Crippen molar-refractivity contribution < 1.29 is 9.66 Å². The summed E-state index contributed by atoms with van der Waals surface area (Å²) >= 11 is 3.49. The Bertz CT molecular complexity index is 575. The molecule has 1 saturated heterocycles. The summed E-state index contributed by atoms with van der Waals surface area (Å²) in [6.45, 7) is 2.13. The second-order valence-corrected chi connectivity index (χ2v) is 5.63. The third-order valence-electron chi connectivity index (χ3n) is 4.04. The van der Waals surface area contributed by atoms with Gasteiger partial charge in [-0.05, 0) is 30.1 Å². The van der Waals surface area contributed by atoms with Crippen molar-refractivity contribution in [2.75, 3.05) is 5.33 Å². The molecule has 0 N–H and O–H groups in total. The van der Waals surface area contributed by atoms with E-state index in [2.05, 4.69) is 27.8 Å². The number of aromatic nitrogens is 1. The standard InChI is InChI=1S/C13H13BrN2O3/c1-8-4-9(5-12-13(8,7-14)19-12)10-2-3-15-6-11(10)16(17)18/h2-3,5-6,8,12H,4,7H2,1H3. The lowest BCUT2D eigenvalue weighted by Gasteiger charge is -2.23. The molecular formula is C13H13BrN2O3. The number of ether oxygens (including phenoxy) is 1. The van der Waals surface area contributed by atoms with Gasteiger partial charge in [-0.15, -0.1) is 0 Å². The lowest BCUT2D eigenvalue weighted by Crippen LogP contribution is -2.29. The normalized spacial score (nSPS) is 32.4. The van der Waals surface area contributed by atoms with Crippen molar-refractivity contribution in [2.24, 2.45) is 5.92 Å². The number of hydrogen-bond donors (Lipinski definition) is 0. The summed E-state index contributed by atoms with van der Waals surface area (Å²) in [5.74, 6) is 0.338. The molecule has 1 aliphatic carbocycles. The van der Waals surface area contributed by atoms with Gasteiger partial charge in [0, 0.05) is 11.5 Å². The summed E-state index contributed by atoms with van der Waals surface area (Å²) in [7, 11) is 0. The Hall–Kier alpha value is -1.27. The molecule has 1 aliphatic heterocycles. The van der Waals surface area contributed by atoms with E-state index < -0.39 is 0 Å². The summed E-state index contributed by atoms with van der Waals surface area (Å²) in [6, 6.07) is 1.71. The summed E-state index contributed by atoms with van der Waals surface area (Å²) in [4.78, 5) is 14.5. The molecule has 1 fully saturated rings. The molecule has 0 amide bonds. The van der Waals surface area contributed by atoms with E-state index in [1.165, 1.54) is 6.20 Å². The first-order valence-corrected chi connectivity index (χ1v) is 7.24. The molecule has 19 heavy (non-hydrogen) atoms. The number of pyridine rings is 1. The van der Waals surface area contributed by atoms with Gasteiger partial charge in [-0.3, -0.25) is 15.1 Å². The van der Waals surface area contributed by atoms with Gasteiger partial charge in [0.2, 0.25) is 0 Å². The van der Waals surface area contributed by atoms with Gasteiger partial charge in [0.15, 0.2) is 0 Å². The average Bonchev–Trinajstić information content (AvgIpc) is 3.14. The molecule has 3 unspecified atom stereocenters. The van der Waals surface area contributed by atoms with Crippen molar-refractivity contribution in [2.45, 2.75) is 25.0 Å². The molecule has 3 rings (SSSR count). The summed E-state index contributed by atoms with van der Waals surface area (Å²) in [5, 5.41) is 11.9. The van der Waals surface area contributed by atoms with Crippen LogP contribution in [-0.4, -0.2) is 26.9 Å². The van der Waals surface area contributed by atoms with Gasteiger partial charge in [-0.2, -0.15) is 0 Å². The van der Waals surface area contributed by atoms with E-state index in [0.717, 1.165) is 17.3 Å². The molecule has 6 heteroatoms. The predicted octanol–water partition coefficient (Wildman–Crippen LogP) is 2.95. The fourth-order valence-electron chi connectivity index (χ4n) is 2.77. The van der Waals surface area contributed by atoms with Crippen LogP contribution in [0.3, 0.4) is 0 Å². The zero-order chi connectivity index (χ0) is 13.6. The smallest absolute Gasteiger partial charge is 0.294 e. The highest BCUT2D eigenvalue weighted by molar-refractivity contribution is 9.09. The van der Waals surface area contributed by atoms with Crippen molar-refractivity contribution >= 4 is 27.2 Å². The number of epoxide rings is 1. The van der Waals surface area contributed by atoms with Gasteiger partial charge < -0.3 is 4.74 Å². The minimum Gasteiger partial charge on any atom is -0.360 e. The van der Waals surface area contributed by atoms with Gasteiger partial charge >= 0.3 is 0 Å². The Morgan fingerprint density at radius 3 is 3.11 bits per heavy atom. The monoisotopic (exact) mass is 324 g/mol. The van der Waals surface area contributed by atoms with Gasteiger partial charge in [0.25, 0.3) is 5.69 Å². The lowest BCUT2D eigenvalue weighted by molar-refractivity contribution is -0.385. The van der Waals surface area contributed by atoms with E-state index in [0.29, 0.717) is 11.5 Å². The van der Waals surface area contributed by atoms with Crippen molar-refractivity contribution in [1.82, 2.24) is 4.98 Å². The second kappa shape index (κ2) is 4.38. The van der Waals surface area contributed by atoms with Gasteiger partial charge in [-0.1, -0.05) is 22.9 Å². The highest BCUT2D eigenvalue weighted by atomic mass is 79.9. The van der Waals surface area contributed by atoms with Crippen LogP contribution in [0.25, 0.3) is 5.57 Å². The highest BCUT2D eigenvalue weighted by Gasteiger charge is 2.60. The molecule has 0 spiro atoms. The molecule has 100 valence electrons. The molecule has 1 aromatic heterocycles. The molecule has 0 saturated carbocycles. The number of nitro groups is 1. The van der Waals surface area contributed by atoms with E-state index in [9.17, 15) is 10.1 Å². The second-order valence-electron chi connectivity index (χ2n) is 5.07. The zero-order valence-electron chi connectivity index (χ0n) is 10.4. The van der Waals surface area contributed by atoms with Crippen LogP contribution in [0.5, 0.6) is 0 Å². The third kappa shape index (κ3) is 1.90. The quantitative estimate of drug-likeness (QED) is 0.371. The van der Waals surface area contributed by atoms with Crippen molar-refractivity contribution in [3.63, 3.8) is 0 Å². The molecule has 5 nitrogen and oxygen atoms in total. The highest BCUT2D eigenvalue weighted by Crippen LogP contribution is 2.53. The van der Waals surface area contributed by atoms with E-state index >= 15 is 0 Å². The topological polar surface area (TPSA) is 68.6 Å². The minimum atomic E-state index is -0.381. The summed E-state index contributed by atoms with van der Waals surface area (Å²) in [5.41, 5.74) is 1.60. The third-order valence-corrected chi connectivity index (χ3v) is 4.91. The maximum atomic E-state index is 11.1. The molecule has 0 radical (unpaired) electrons. The average molecular weight is 325 g/mol. The zero-order valence-corrected chi connectivity index (χ0v) is 12.0. The van der Waals surface area contributed by atoms with E-state index in [1.54, 1.807) is 12.3 Å². The van der Waals surface area contributed by atoms with Crippen LogP contribution in [0, 0.1) is 16.0 Å². The number of fused-ring (bicyclic) bond motifs is 1. The molecule has 2 aliphatic rings. The van der Waals surface area contributed by atoms with Crippen molar-refractivity contribution in [3.8, 4) is 0 Å². The van der Waals surface area contributed by atoms with Gasteiger partial charge in [-0.25, -0.2) is 0 Å². The molecule has 3 atom stereocenters. The number of allylic oxidation sites excluding steroid dienone is 1. The van der Waals surface area contributed by atoms with Gasteiger partial charge in [0.1, 0.15) is 17.9 Å². The largest absolute Gasteiger partial charge is 0.360 e. The first kappa shape index (κ1) is 12.7. The first-order valence-electron chi connectivity index (χ1n) is 6.11. The van der Waals surface area contributed by atoms with E-state index in [1.807, 2.05) is 6.08 Å². The summed E-state index contributed by atoms with van der Waals surface area (Å²) in [6.07, 6.45) is 5.77. The molecular weight excluding hydrogens is 312 g/mol. The Morgan fingerprint density at radius 1 is 1.68 bits per heavy atom. The van der Waals surface area contributed by atoms with Crippen LogP contribution >= 0.6 is 15.9 Å². The minimum absolute atomic E-state index is 0.0629. The van der Waals surface area contributed by atoms with Crippen LogP contribution < -0.4 is 0 Å². The van der Waals surface area contributed by atoms with E-state index in [4.69, 9.17) is 4.74 Å². The Balaban J connectivity index is 1.99. The molecule has 1 aromatic rings. The van der Waals surface area contributed by atoms with E-state index in [-0.39, 0.29) is 22.3 Å². The summed E-state index contributed by atoms with van der Waals surface area (Å²) < 4.78 is 5.77. The van der Waals surface area contributed by atoms with Crippen LogP contribution in [0.15, 0.2) is 24.5 Å². The number of halogens is 1. The maximum absolute atomic E-state index is 11.1. The number of rotatable bonds is 3. The Kier molecular flexibility index (Phi) is 2.94. The van der Waals surface area contributed by atoms with Crippen LogP contribution in [0.2, 0.25) is 0 Å². The van der Waals surface area contributed by atoms with Crippen molar-refractivity contribution in [1.29, 1.82) is 0 Å². The predicted molar refractivity (Wildman–Crippen MR) is 74.0 cm³/mol. The molecule has 2 heterocycles. The Labute approximate surface area is 119 Å². The fraction of sp³-hybridized carbons (Fsp3) is 0.462. The Morgan fingerprint density at radius 2 is 2.47 bits per heavy atom. The van der Waals surface area contributed by atoms with Crippen molar-refractivity contribution in [3.05, 3.63) is 40.2 Å². The van der Waals surface area contributed by atoms with Crippen LogP contribution in [0.1, 0.15) is 18.9 Å². The van der Waals surface area contributed by atoms with Crippen LogP contribution in [0.4, 0.5) is 5.69 Å². The van der Waals surface area contributed by atoms with Crippen LogP contribution in [-0.2, 0) is 4.74 Å². The SMILES string of the molecule is CC1CC(c2ccncc2[N+](=O)[O-])=CC2OC12CBr. The molecule has 0 bridgehead atoms. The number of nitrogens with zero attached hydrogens (tertiary/aromatic N) is 2. The molecule has 0 aromatic carbocycles. The number of hydrogen-bond acceptors (Lipinski definition) is 4. The lowest BCUT2D eigenvalue weighted by atomic mass is 9.79. The maximum Gasteiger partial charge on any atom is 0.294 e. The first-order chi connectivity index (χ1) is 9.08.